The Bertz CT molecular complexity index is 624. The summed E-state index contributed by atoms with van der Waals surface area (Å²) in [5.41, 5.74) is 0.813. The quantitative estimate of drug-likeness (QED) is 0.829. The van der Waals surface area contributed by atoms with Crippen LogP contribution in [0, 0.1) is 0 Å². The van der Waals surface area contributed by atoms with Crippen LogP contribution >= 0.6 is 0 Å². The second-order valence-electron chi connectivity index (χ2n) is 3.91. The molecule has 1 aromatic carbocycles. The summed E-state index contributed by atoms with van der Waals surface area (Å²) in [7, 11) is -2.99. The van der Waals surface area contributed by atoms with E-state index >= 15 is 0 Å². The highest BCUT2D eigenvalue weighted by Crippen LogP contribution is 2.10. The monoisotopic (exact) mass is 281 g/mol. The summed E-state index contributed by atoms with van der Waals surface area (Å²) in [6.07, 6.45) is 0. The van der Waals surface area contributed by atoms with Crippen molar-refractivity contribution in [2.75, 3.05) is 23.4 Å². The number of nitrogens with one attached hydrogen (secondary N) is 1. The zero-order chi connectivity index (χ0) is 13.7. The molecule has 1 aromatic heterocycles. The van der Waals surface area contributed by atoms with Crippen molar-refractivity contribution in [3.05, 3.63) is 30.3 Å². The van der Waals surface area contributed by atoms with Crippen LogP contribution in [0.2, 0.25) is 0 Å². The summed E-state index contributed by atoms with van der Waals surface area (Å²) in [6, 6.07) is 9.38. The highest BCUT2D eigenvalue weighted by Gasteiger charge is 2.10. The van der Waals surface area contributed by atoms with Crippen LogP contribution in [0.1, 0.15) is 6.92 Å². The van der Waals surface area contributed by atoms with Gasteiger partial charge in [-0.15, -0.1) is 0 Å². The maximum Gasteiger partial charge on any atom is 0.247 e. The molecule has 102 valence electrons. The number of nitrogens with zero attached hydrogens (tertiary/aromatic N) is 4. The second kappa shape index (κ2) is 5.79. The van der Waals surface area contributed by atoms with E-state index in [-0.39, 0.29) is 18.1 Å². The minimum absolute atomic E-state index is 0.0607. The van der Waals surface area contributed by atoms with Crippen LogP contribution in [0.5, 0.6) is 0 Å². The molecule has 0 unspecified atom stereocenters. The van der Waals surface area contributed by atoms with Gasteiger partial charge in [0.15, 0.2) is 9.84 Å². The average molecular weight is 281 g/mol. The van der Waals surface area contributed by atoms with Crippen LogP contribution in [0.3, 0.4) is 0 Å². The molecule has 0 aliphatic carbocycles. The molecule has 0 bridgehead atoms. The van der Waals surface area contributed by atoms with E-state index in [0.717, 1.165) is 5.69 Å². The minimum Gasteiger partial charge on any atom is -0.352 e. The lowest BCUT2D eigenvalue weighted by Crippen LogP contribution is -2.19. The third-order valence-corrected chi connectivity index (χ3v) is 4.31. The molecule has 0 amide bonds. The number of tetrazole rings is 1. The van der Waals surface area contributed by atoms with Crippen molar-refractivity contribution in [2.24, 2.45) is 0 Å². The van der Waals surface area contributed by atoms with E-state index in [1.165, 1.54) is 4.68 Å². The smallest absolute Gasteiger partial charge is 0.247 e. The Balaban J connectivity index is 2.05. The summed E-state index contributed by atoms with van der Waals surface area (Å²) < 4.78 is 24.3. The van der Waals surface area contributed by atoms with Gasteiger partial charge in [-0.2, -0.15) is 4.68 Å². The molecular formula is C11H15N5O2S. The first-order valence-corrected chi connectivity index (χ1v) is 7.72. The summed E-state index contributed by atoms with van der Waals surface area (Å²) >= 11 is 0. The predicted molar refractivity (Wildman–Crippen MR) is 72.0 cm³/mol. The largest absolute Gasteiger partial charge is 0.352 e. The van der Waals surface area contributed by atoms with Crippen LogP contribution < -0.4 is 5.32 Å². The first kappa shape index (κ1) is 13.5. The van der Waals surface area contributed by atoms with E-state index in [4.69, 9.17) is 0 Å². The van der Waals surface area contributed by atoms with Crippen molar-refractivity contribution in [3.63, 3.8) is 0 Å². The standard InChI is InChI=1S/C11H15N5O2S/c1-2-19(17,18)9-8-12-11-13-14-15-16(11)10-6-4-3-5-7-10/h3-7H,2,8-9H2,1H3,(H,12,13,15). The molecule has 2 rings (SSSR count). The number of aromatic nitrogens is 4. The molecule has 0 saturated carbocycles. The van der Waals surface area contributed by atoms with Crippen LogP contribution in [0.4, 0.5) is 5.95 Å². The Morgan fingerprint density at radius 2 is 2.00 bits per heavy atom. The zero-order valence-corrected chi connectivity index (χ0v) is 11.3. The fourth-order valence-corrected chi connectivity index (χ4v) is 2.20. The average Bonchev–Trinajstić information content (AvgIpc) is 2.88. The van der Waals surface area contributed by atoms with Crippen LogP contribution in [0.15, 0.2) is 30.3 Å². The molecule has 8 heteroatoms. The Labute approximate surface area is 111 Å². The Kier molecular flexibility index (Phi) is 4.10. The van der Waals surface area contributed by atoms with Gasteiger partial charge in [-0.05, 0) is 22.6 Å². The lowest BCUT2D eigenvalue weighted by Gasteiger charge is -2.06. The van der Waals surface area contributed by atoms with Crippen molar-refractivity contribution in [1.82, 2.24) is 20.2 Å². The van der Waals surface area contributed by atoms with E-state index in [1.807, 2.05) is 30.3 Å². The second-order valence-corrected chi connectivity index (χ2v) is 6.39. The number of hydrogen-bond donors (Lipinski definition) is 1. The number of benzene rings is 1. The molecule has 0 spiro atoms. The van der Waals surface area contributed by atoms with Gasteiger partial charge in [-0.1, -0.05) is 30.2 Å². The first-order valence-electron chi connectivity index (χ1n) is 5.90. The van der Waals surface area contributed by atoms with E-state index in [1.54, 1.807) is 6.92 Å². The number of para-hydroxylation sites is 1. The van der Waals surface area contributed by atoms with Crippen LogP contribution in [-0.4, -0.2) is 46.7 Å². The molecule has 0 saturated heterocycles. The summed E-state index contributed by atoms with van der Waals surface area (Å²) in [6.45, 7) is 1.91. The van der Waals surface area contributed by atoms with Gasteiger partial charge in [-0.3, -0.25) is 0 Å². The third-order valence-electron chi connectivity index (χ3n) is 2.61. The van der Waals surface area contributed by atoms with Gasteiger partial charge in [-0.25, -0.2) is 8.42 Å². The lowest BCUT2D eigenvalue weighted by atomic mass is 10.3. The molecule has 0 aliphatic heterocycles. The maximum absolute atomic E-state index is 11.4. The van der Waals surface area contributed by atoms with Crippen molar-refractivity contribution >= 4 is 15.8 Å². The van der Waals surface area contributed by atoms with E-state index in [0.29, 0.717) is 5.95 Å². The zero-order valence-electron chi connectivity index (χ0n) is 10.5. The Morgan fingerprint density at radius 1 is 1.26 bits per heavy atom. The fourth-order valence-electron chi connectivity index (χ4n) is 1.50. The number of anilines is 1. The molecular weight excluding hydrogens is 266 g/mol. The van der Waals surface area contributed by atoms with Crippen molar-refractivity contribution in [3.8, 4) is 5.69 Å². The molecule has 1 N–H and O–H groups in total. The highest BCUT2D eigenvalue weighted by atomic mass is 32.2. The molecule has 0 fully saturated rings. The van der Waals surface area contributed by atoms with E-state index in [9.17, 15) is 8.42 Å². The number of rotatable bonds is 6. The Hall–Kier alpha value is -1.96. The number of hydrogen-bond acceptors (Lipinski definition) is 6. The SMILES string of the molecule is CCS(=O)(=O)CCNc1nnnn1-c1ccccc1. The van der Waals surface area contributed by atoms with Crippen molar-refractivity contribution in [2.45, 2.75) is 6.92 Å². The third kappa shape index (κ3) is 3.50. The summed E-state index contributed by atoms with van der Waals surface area (Å²) in [4.78, 5) is 0. The maximum atomic E-state index is 11.4. The van der Waals surface area contributed by atoms with Gasteiger partial charge in [0.1, 0.15) is 0 Å². The number of sulfone groups is 1. The molecule has 0 aliphatic rings. The molecule has 2 aromatic rings. The topological polar surface area (TPSA) is 89.8 Å². The van der Waals surface area contributed by atoms with Crippen LogP contribution in [-0.2, 0) is 9.84 Å². The summed E-state index contributed by atoms with van der Waals surface area (Å²) in [5.74, 6) is 0.626. The molecule has 1 heterocycles. The van der Waals surface area contributed by atoms with Gasteiger partial charge in [0.25, 0.3) is 0 Å². The predicted octanol–water partition coefficient (Wildman–Crippen LogP) is 0.509. The van der Waals surface area contributed by atoms with Gasteiger partial charge in [0, 0.05) is 12.3 Å². The van der Waals surface area contributed by atoms with Crippen molar-refractivity contribution < 1.29 is 8.42 Å². The molecule has 0 atom stereocenters. The minimum atomic E-state index is -2.99. The van der Waals surface area contributed by atoms with Gasteiger partial charge in [0.05, 0.1) is 11.4 Å². The van der Waals surface area contributed by atoms with Crippen molar-refractivity contribution in [1.29, 1.82) is 0 Å². The molecule has 0 radical (unpaired) electrons. The molecule has 19 heavy (non-hydrogen) atoms. The van der Waals surface area contributed by atoms with Crippen LogP contribution in [0.25, 0.3) is 5.69 Å². The normalized spacial score (nSPS) is 11.4. The fraction of sp³-hybridized carbons (Fsp3) is 0.364. The summed E-state index contributed by atoms with van der Waals surface area (Å²) in [5, 5.41) is 14.2. The molecule has 7 nitrogen and oxygen atoms in total. The Morgan fingerprint density at radius 3 is 2.68 bits per heavy atom. The lowest BCUT2D eigenvalue weighted by molar-refractivity contribution is 0.597. The van der Waals surface area contributed by atoms with Gasteiger partial charge < -0.3 is 5.32 Å². The first-order chi connectivity index (χ1) is 9.12. The van der Waals surface area contributed by atoms with E-state index in [2.05, 4.69) is 20.8 Å². The van der Waals surface area contributed by atoms with Gasteiger partial charge >= 0.3 is 0 Å². The van der Waals surface area contributed by atoms with Gasteiger partial charge in [0.2, 0.25) is 5.95 Å². The van der Waals surface area contributed by atoms with E-state index < -0.39 is 9.84 Å². The highest BCUT2D eigenvalue weighted by molar-refractivity contribution is 7.91.